The second-order valence-corrected chi connectivity index (χ2v) is 8.74. The number of benzene rings is 2. The third-order valence-corrected chi connectivity index (χ3v) is 6.55. The first-order valence-electron chi connectivity index (χ1n) is 10.3. The van der Waals surface area contributed by atoms with Crippen molar-refractivity contribution in [2.24, 2.45) is 0 Å². The monoisotopic (exact) mass is 457 g/mol. The Morgan fingerprint density at radius 2 is 1.97 bits per heavy atom. The maximum absolute atomic E-state index is 10.5. The average Bonchev–Trinajstić information content (AvgIpc) is 3.53. The van der Waals surface area contributed by atoms with Crippen molar-refractivity contribution < 1.29 is 9.84 Å². The maximum Gasteiger partial charge on any atom is 0.184 e. The van der Waals surface area contributed by atoms with E-state index in [0.717, 1.165) is 37.9 Å². The summed E-state index contributed by atoms with van der Waals surface area (Å²) >= 11 is 1.55. The number of fused-ring (bicyclic) bond motifs is 2. The molecule has 3 heterocycles. The lowest BCUT2D eigenvalue weighted by atomic mass is 10.1. The molecule has 0 amide bonds. The van der Waals surface area contributed by atoms with Gasteiger partial charge in [0, 0.05) is 36.5 Å². The van der Waals surface area contributed by atoms with Gasteiger partial charge in [0.2, 0.25) is 0 Å². The molecule has 0 radical (unpaired) electrons. The summed E-state index contributed by atoms with van der Waals surface area (Å²) in [6.07, 6.45) is 5.43. The van der Waals surface area contributed by atoms with Gasteiger partial charge in [0.25, 0.3) is 0 Å². The van der Waals surface area contributed by atoms with Crippen LogP contribution in [0.3, 0.4) is 0 Å². The number of nitrogens with one attached hydrogen (secondary N) is 2. The van der Waals surface area contributed by atoms with Crippen LogP contribution in [0.2, 0.25) is 0 Å². The van der Waals surface area contributed by atoms with Crippen LogP contribution in [0, 0.1) is 0 Å². The zero-order valence-corrected chi connectivity index (χ0v) is 17.7. The van der Waals surface area contributed by atoms with Crippen LogP contribution in [0.25, 0.3) is 21.5 Å². The van der Waals surface area contributed by atoms with Crippen LogP contribution in [0.1, 0.15) is 24.6 Å². The van der Waals surface area contributed by atoms with Crippen LogP contribution < -0.4 is 10.1 Å². The highest BCUT2D eigenvalue weighted by Gasteiger charge is 2.31. The molecule has 5 aromatic rings. The summed E-state index contributed by atoms with van der Waals surface area (Å²) in [5.74, 6) is 1.42. The number of hydrogen-bond acceptors (Lipinski definition) is 7. The van der Waals surface area contributed by atoms with E-state index in [1.165, 1.54) is 5.56 Å². The van der Waals surface area contributed by atoms with Gasteiger partial charge >= 0.3 is 0 Å². The molecule has 3 N–H and O–H groups in total. The molecule has 2 atom stereocenters. The molecule has 6 rings (SSSR count). The summed E-state index contributed by atoms with van der Waals surface area (Å²) < 4.78 is 7.09. The van der Waals surface area contributed by atoms with Crippen molar-refractivity contribution in [1.82, 2.24) is 20.2 Å². The topological polar surface area (TPSA) is 95.9 Å². The fourth-order valence-electron chi connectivity index (χ4n) is 4.07. The van der Waals surface area contributed by atoms with Gasteiger partial charge < -0.3 is 15.2 Å². The van der Waals surface area contributed by atoms with Crippen molar-refractivity contribution >= 4 is 26.7 Å². The van der Waals surface area contributed by atoms with E-state index in [1.54, 1.807) is 29.9 Å². The van der Waals surface area contributed by atoms with E-state index >= 15 is 0 Å². The normalized spacial score (nSPS) is 16.9. The Labute approximate surface area is 195 Å². The third kappa shape index (κ3) is 4.06. The molecule has 7 nitrogen and oxygen atoms in total. The molecule has 1 aliphatic carbocycles. The predicted octanol–water partition coefficient (Wildman–Crippen LogP) is 5.58. The number of nitrogens with zero attached hydrogens (tertiary/aromatic N) is 3. The SMILES string of the molecule is C.O[C@H]1Cc2ccccc2[C@H]1Nc1nc2ccc(Oc3ccnc(-c4cn[nH]c4)c3)cc2s1. The Morgan fingerprint density at radius 3 is 2.85 bits per heavy atom. The van der Waals surface area contributed by atoms with E-state index in [0.29, 0.717) is 12.2 Å². The summed E-state index contributed by atoms with van der Waals surface area (Å²) in [4.78, 5) is 9.07. The third-order valence-electron chi connectivity index (χ3n) is 5.60. The van der Waals surface area contributed by atoms with Crippen LogP contribution in [0.5, 0.6) is 11.5 Å². The Kier molecular flexibility index (Phi) is 5.53. The molecule has 0 fully saturated rings. The zero-order chi connectivity index (χ0) is 21.5. The van der Waals surface area contributed by atoms with Crippen LogP contribution in [0.4, 0.5) is 5.13 Å². The summed E-state index contributed by atoms with van der Waals surface area (Å²) in [5.41, 5.74) is 4.90. The van der Waals surface area contributed by atoms with Crippen molar-refractivity contribution in [3.8, 4) is 22.8 Å². The fraction of sp³-hybridized carbons (Fsp3) is 0.160. The standard InChI is InChI=1S/C24H19N5O2S.CH4/c30-21-9-14-3-1-2-4-18(14)23(21)29-24-28-19-6-5-16(11-22(19)32-24)31-17-7-8-25-20(10-17)15-12-26-27-13-15;/h1-8,10-13,21,23,30H,9H2,(H,26,27)(H,28,29);1H4/t21-,23+;/m0./s1. The van der Waals surface area contributed by atoms with Crippen LogP contribution in [-0.2, 0) is 6.42 Å². The second-order valence-electron chi connectivity index (χ2n) is 7.71. The van der Waals surface area contributed by atoms with Gasteiger partial charge in [-0.1, -0.05) is 43.0 Å². The number of pyridine rings is 1. The van der Waals surface area contributed by atoms with Crippen molar-refractivity contribution in [2.45, 2.75) is 26.0 Å². The lowest BCUT2D eigenvalue weighted by molar-refractivity contribution is 0.166. The van der Waals surface area contributed by atoms with Crippen LogP contribution in [-0.4, -0.2) is 31.4 Å². The Morgan fingerprint density at radius 1 is 1.09 bits per heavy atom. The number of aromatic nitrogens is 4. The van der Waals surface area contributed by atoms with Gasteiger partial charge in [0.15, 0.2) is 5.13 Å². The number of hydrogen-bond donors (Lipinski definition) is 3. The summed E-state index contributed by atoms with van der Waals surface area (Å²) in [6.45, 7) is 0. The minimum Gasteiger partial charge on any atom is -0.457 e. The first-order chi connectivity index (χ1) is 15.7. The lowest BCUT2D eigenvalue weighted by Gasteiger charge is -2.16. The van der Waals surface area contributed by atoms with Gasteiger partial charge in [-0.15, -0.1) is 0 Å². The van der Waals surface area contributed by atoms with Gasteiger partial charge in [0.05, 0.1) is 34.3 Å². The summed E-state index contributed by atoms with van der Waals surface area (Å²) in [7, 11) is 0. The molecule has 0 unspecified atom stereocenters. The fourth-order valence-corrected chi connectivity index (χ4v) is 5.00. The second kappa shape index (κ2) is 8.65. The Balaban J connectivity index is 0.00000228. The summed E-state index contributed by atoms with van der Waals surface area (Å²) in [5, 5.41) is 21.5. The van der Waals surface area contributed by atoms with E-state index in [-0.39, 0.29) is 13.5 Å². The van der Waals surface area contributed by atoms with Gasteiger partial charge in [0.1, 0.15) is 11.5 Å². The lowest BCUT2D eigenvalue weighted by Crippen LogP contribution is -2.20. The first-order valence-corrected chi connectivity index (χ1v) is 11.1. The smallest absolute Gasteiger partial charge is 0.184 e. The number of anilines is 1. The van der Waals surface area contributed by atoms with E-state index in [1.807, 2.05) is 42.5 Å². The zero-order valence-electron chi connectivity index (χ0n) is 16.9. The van der Waals surface area contributed by atoms with E-state index in [2.05, 4.69) is 32.6 Å². The maximum atomic E-state index is 10.5. The van der Waals surface area contributed by atoms with Crippen LogP contribution in [0.15, 0.2) is 73.2 Å². The van der Waals surface area contributed by atoms with Crippen molar-refractivity contribution in [1.29, 1.82) is 0 Å². The molecule has 0 aliphatic heterocycles. The number of aromatic amines is 1. The minimum absolute atomic E-state index is 0. The molecule has 166 valence electrons. The molecule has 0 spiro atoms. The van der Waals surface area contributed by atoms with Crippen LogP contribution >= 0.6 is 11.3 Å². The van der Waals surface area contributed by atoms with Gasteiger partial charge in [-0.2, -0.15) is 5.10 Å². The molecule has 3 aromatic heterocycles. The quantitative estimate of drug-likeness (QED) is 0.319. The Bertz CT molecular complexity index is 1400. The largest absolute Gasteiger partial charge is 0.457 e. The van der Waals surface area contributed by atoms with E-state index in [9.17, 15) is 5.11 Å². The molecule has 0 bridgehead atoms. The molecule has 8 heteroatoms. The number of ether oxygens (including phenoxy) is 1. The first kappa shape index (κ1) is 21.1. The number of aliphatic hydroxyl groups excluding tert-OH is 1. The van der Waals surface area contributed by atoms with Gasteiger partial charge in [-0.25, -0.2) is 4.98 Å². The molecule has 1 aliphatic rings. The minimum atomic E-state index is -0.464. The Hall–Kier alpha value is -3.75. The molecule has 33 heavy (non-hydrogen) atoms. The highest BCUT2D eigenvalue weighted by Crippen LogP contribution is 2.37. The number of rotatable bonds is 5. The number of aliphatic hydroxyl groups is 1. The average molecular weight is 458 g/mol. The number of thiazole rings is 1. The van der Waals surface area contributed by atoms with E-state index < -0.39 is 6.10 Å². The van der Waals surface area contributed by atoms with Crippen molar-refractivity contribution in [3.63, 3.8) is 0 Å². The van der Waals surface area contributed by atoms with Crippen molar-refractivity contribution in [2.75, 3.05) is 5.32 Å². The molecule has 0 saturated heterocycles. The molecular formula is C25H23N5O2S. The van der Waals surface area contributed by atoms with E-state index in [4.69, 9.17) is 9.72 Å². The molecular weight excluding hydrogens is 434 g/mol. The van der Waals surface area contributed by atoms with Gasteiger partial charge in [-0.05, 0) is 29.3 Å². The van der Waals surface area contributed by atoms with Gasteiger partial charge in [-0.3, -0.25) is 10.1 Å². The molecule has 0 saturated carbocycles. The highest BCUT2D eigenvalue weighted by atomic mass is 32.1. The number of H-pyrrole nitrogens is 1. The predicted molar refractivity (Wildman–Crippen MR) is 131 cm³/mol. The van der Waals surface area contributed by atoms with Crippen molar-refractivity contribution in [3.05, 3.63) is 84.3 Å². The summed E-state index contributed by atoms with van der Waals surface area (Å²) in [6, 6.07) is 17.5. The molecule has 2 aromatic carbocycles. The highest BCUT2D eigenvalue weighted by molar-refractivity contribution is 7.22.